The number of benzene rings is 1. The van der Waals surface area contributed by atoms with E-state index < -0.39 is 0 Å². The molecule has 2 fully saturated rings. The van der Waals surface area contributed by atoms with E-state index in [1.54, 1.807) is 0 Å². The molecule has 1 aliphatic heterocycles. The van der Waals surface area contributed by atoms with Crippen LogP contribution in [-0.4, -0.2) is 69.1 Å². The number of likely N-dealkylation sites (N-methyl/N-ethyl adjacent to an activating group) is 1. The summed E-state index contributed by atoms with van der Waals surface area (Å²) >= 11 is 12.8. The van der Waals surface area contributed by atoms with Gasteiger partial charge in [-0.15, -0.1) is 0 Å². The molecule has 218 valence electrons. The van der Waals surface area contributed by atoms with Crippen molar-refractivity contribution in [1.29, 1.82) is 0 Å². The summed E-state index contributed by atoms with van der Waals surface area (Å²) in [5, 5.41) is 4.52. The van der Waals surface area contributed by atoms with Crippen molar-refractivity contribution in [1.82, 2.24) is 29.3 Å². The van der Waals surface area contributed by atoms with Crippen molar-refractivity contribution in [3.63, 3.8) is 0 Å². The van der Waals surface area contributed by atoms with E-state index in [9.17, 15) is 0 Å². The van der Waals surface area contributed by atoms with Crippen LogP contribution in [-0.2, 0) is 6.54 Å². The molecule has 2 aromatic heterocycles. The monoisotopic (exact) mass is 593 g/mol. The normalized spacial score (nSPS) is 16.1. The molecule has 0 bridgehead atoms. The minimum absolute atomic E-state index is 0.384. The fourth-order valence-electron chi connectivity index (χ4n) is 5.44. The van der Waals surface area contributed by atoms with Crippen LogP contribution >= 0.6 is 23.2 Å². The SMILES string of the molecule is C=CC(=C)N(C)CCCCCn1c(C2CCN(C)CC2)nc(-c2ccc(Cl)c(Cl)c2)c1-c1ccnc(NC2CC2)n1. The van der Waals surface area contributed by atoms with Gasteiger partial charge in [-0.1, -0.05) is 42.4 Å². The number of anilines is 1. The fraction of sp³-hybridized carbons (Fsp3) is 0.469. The predicted octanol–water partition coefficient (Wildman–Crippen LogP) is 7.50. The van der Waals surface area contributed by atoms with Crippen LogP contribution in [0.3, 0.4) is 0 Å². The summed E-state index contributed by atoms with van der Waals surface area (Å²) in [6, 6.07) is 8.25. The largest absolute Gasteiger partial charge is 0.375 e. The van der Waals surface area contributed by atoms with Crippen LogP contribution in [0.1, 0.15) is 56.7 Å². The minimum Gasteiger partial charge on any atom is -0.375 e. The molecule has 41 heavy (non-hydrogen) atoms. The Morgan fingerprint density at radius 2 is 1.85 bits per heavy atom. The molecule has 1 saturated carbocycles. The van der Waals surface area contributed by atoms with Gasteiger partial charge in [0, 0.05) is 49.6 Å². The molecule has 1 aromatic carbocycles. The number of nitrogens with one attached hydrogen (secondary N) is 1. The molecule has 2 aliphatic rings. The van der Waals surface area contributed by atoms with Gasteiger partial charge in [-0.05, 0) is 89.4 Å². The molecule has 0 atom stereocenters. The lowest BCUT2D eigenvalue weighted by molar-refractivity contribution is 0.248. The van der Waals surface area contributed by atoms with Crippen LogP contribution in [0.4, 0.5) is 5.95 Å². The smallest absolute Gasteiger partial charge is 0.223 e. The Labute approximate surface area is 254 Å². The Balaban J connectivity index is 1.52. The number of likely N-dealkylation sites (tertiary alicyclic amines) is 1. The molecule has 9 heteroatoms. The topological polar surface area (TPSA) is 62.1 Å². The first-order valence-electron chi connectivity index (χ1n) is 14.7. The maximum absolute atomic E-state index is 6.52. The summed E-state index contributed by atoms with van der Waals surface area (Å²) in [7, 11) is 4.27. The third kappa shape index (κ3) is 7.32. The number of hydrogen-bond acceptors (Lipinski definition) is 6. The zero-order chi connectivity index (χ0) is 28.9. The summed E-state index contributed by atoms with van der Waals surface area (Å²) in [5.41, 5.74) is 4.70. The van der Waals surface area contributed by atoms with Crippen molar-refractivity contribution >= 4 is 29.2 Å². The number of nitrogens with zero attached hydrogens (tertiary/aromatic N) is 6. The number of aromatic nitrogens is 4. The summed E-state index contributed by atoms with van der Waals surface area (Å²) in [4.78, 5) is 19.5. The summed E-state index contributed by atoms with van der Waals surface area (Å²) in [5.74, 6) is 2.19. The fourth-order valence-corrected chi connectivity index (χ4v) is 5.74. The van der Waals surface area contributed by atoms with E-state index in [-0.39, 0.29) is 0 Å². The van der Waals surface area contributed by atoms with Gasteiger partial charge in [-0.2, -0.15) is 0 Å². The minimum atomic E-state index is 0.384. The maximum atomic E-state index is 6.52. The highest BCUT2D eigenvalue weighted by Crippen LogP contribution is 2.39. The average Bonchev–Trinajstić information content (AvgIpc) is 3.71. The first-order valence-corrected chi connectivity index (χ1v) is 15.5. The van der Waals surface area contributed by atoms with E-state index in [0.717, 1.165) is 105 Å². The summed E-state index contributed by atoms with van der Waals surface area (Å²) < 4.78 is 2.43. The maximum Gasteiger partial charge on any atom is 0.223 e. The second-order valence-electron chi connectivity index (χ2n) is 11.4. The van der Waals surface area contributed by atoms with Crippen molar-refractivity contribution in [2.75, 3.05) is 39.0 Å². The van der Waals surface area contributed by atoms with Crippen LogP contribution in [0.2, 0.25) is 10.0 Å². The second-order valence-corrected chi connectivity index (χ2v) is 12.2. The third-order valence-corrected chi connectivity index (χ3v) is 8.92. The Morgan fingerprint density at radius 1 is 1.07 bits per heavy atom. The molecular weight excluding hydrogens is 553 g/mol. The number of allylic oxidation sites excluding steroid dienone is 1. The summed E-state index contributed by atoms with van der Waals surface area (Å²) in [6.07, 6.45) is 11.4. The van der Waals surface area contributed by atoms with Gasteiger partial charge in [0.25, 0.3) is 0 Å². The standard InChI is InChI=1S/C32H41Cl2N7/c1-5-22(2)40(4)17-7-6-8-18-41-30(28-13-16-35-32(37-28)36-25-10-11-25)29(24-9-12-26(33)27(34)21-24)38-31(41)23-14-19-39(3)20-15-23/h5,9,12-13,16,21,23,25H,1-2,6-8,10-11,14-15,17-20H2,3-4H3,(H,35,36,37). The van der Waals surface area contributed by atoms with E-state index >= 15 is 0 Å². The van der Waals surface area contributed by atoms with Crippen molar-refractivity contribution in [2.45, 2.75) is 63.5 Å². The Morgan fingerprint density at radius 3 is 2.56 bits per heavy atom. The summed E-state index contributed by atoms with van der Waals surface area (Å²) in [6.45, 7) is 11.9. The molecule has 7 nitrogen and oxygen atoms in total. The molecular formula is C32H41Cl2N7. The van der Waals surface area contributed by atoms with Crippen LogP contribution < -0.4 is 5.32 Å². The molecule has 1 saturated heterocycles. The first-order chi connectivity index (χ1) is 19.8. The van der Waals surface area contributed by atoms with E-state index in [1.165, 1.54) is 0 Å². The highest BCUT2D eigenvalue weighted by atomic mass is 35.5. The lowest BCUT2D eigenvalue weighted by Crippen LogP contribution is -2.30. The van der Waals surface area contributed by atoms with Crippen molar-refractivity contribution in [3.8, 4) is 22.6 Å². The zero-order valence-corrected chi connectivity index (χ0v) is 25.8. The third-order valence-electron chi connectivity index (χ3n) is 8.18. The van der Waals surface area contributed by atoms with E-state index in [2.05, 4.69) is 51.9 Å². The van der Waals surface area contributed by atoms with Crippen molar-refractivity contribution in [3.05, 3.63) is 71.3 Å². The molecule has 3 aromatic rings. The number of piperidine rings is 1. The predicted molar refractivity (Wildman–Crippen MR) is 171 cm³/mol. The highest BCUT2D eigenvalue weighted by molar-refractivity contribution is 6.42. The molecule has 3 heterocycles. The number of rotatable bonds is 13. The number of halogens is 2. The van der Waals surface area contributed by atoms with E-state index in [1.807, 2.05) is 36.5 Å². The van der Waals surface area contributed by atoms with Gasteiger partial charge in [-0.25, -0.2) is 15.0 Å². The van der Waals surface area contributed by atoms with Crippen LogP contribution in [0.5, 0.6) is 0 Å². The quantitative estimate of drug-likeness (QED) is 0.163. The molecule has 5 rings (SSSR count). The number of hydrogen-bond donors (Lipinski definition) is 1. The van der Waals surface area contributed by atoms with Gasteiger partial charge in [0.1, 0.15) is 5.82 Å². The van der Waals surface area contributed by atoms with Gasteiger partial charge in [0.05, 0.1) is 27.1 Å². The average molecular weight is 595 g/mol. The molecule has 1 N–H and O–H groups in total. The Kier molecular flexibility index (Phi) is 9.68. The van der Waals surface area contributed by atoms with Crippen LogP contribution in [0, 0.1) is 0 Å². The van der Waals surface area contributed by atoms with Crippen LogP contribution in [0.25, 0.3) is 22.6 Å². The van der Waals surface area contributed by atoms with Gasteiger partial charge in [0.15, 0.2) is 0 Å². The Bertz CT molecular complexity index is 1370. The van der Waals surface area contributed by atoms with E-state index in [4.69, 9.17) is 33.2 Å². The highest BCUT2D eigenvalue weighted by Gasteiger charge is 2.29. The molecule has 0 unspecified atom stereocenters. The van der Waals surface area contributed by atoms with Crippen molar-refractivity contribution < 1.29 is 0 Å². The lowest BCUT2D eigenvalue weighted by atomic mass is 9.96. The van der Waals surface area contributed by atoms with Crippen molar-refractivity contribution in [2.24, 2.45) is 0 Å². The number of unbranched alkanes of at least 4 members (excludes halogenated alkanes) is 2. The molecule has 0 spiro atoms. The van der Waals surface area contributed by atoms with Gasteiger partial charge in [0.2, 0.25) is 5.95 Å². The zero-order valence-electron chi connectivity index (χ0n) is 24.3. The lowest BCUT2D eigenvalue weighted by Gasteiger charge is -2.29. The molecule has 0 radical (unpaired) electrons. The first kappa shape index (κ1) is 29.6. The van der Waals surface area contributed by atoms with Crippen LogP contribution in [0.15, 0.2) is 55.4 Å². The molecule has 1 aliphatic carbocycles. The van der Waals surface area contributed by atoms with Gasteiger partial charge < -0.3 is 19.7 Å². The van der Waals surface area contributed by atoms with Gasteiger partial charge >= 0.3 is 0 Å². The van der Waals surface area contributed by atoms with Gasteiger partial charge in [-0.3, -0.25) is 0 Å². The molecule has 0 amide bonds. The Hall–Kier alpha value is -2.87. The second kappa shape index (κ2) is 13.4. The van der Waals surface area contributed by atoms with E-state index in [0.29, 0.717) is 28.0 Å². The number of imidazole rings is 1.